The van der Waals surface area contributed by atoms with E-state index in [1.807, 2.05) is 35.2 Å². The van der Waals surface area contributed by atoms with Gasteiger partial charge in [0, 0.05) is 19.6 Å². The summed E-state index contributed by atoms with van der Waals surface area (Å²) in [6, 6.07) is 9.40. The molecule has 1 saturated heterocycles. The predicted octanol–water partition coefficient (Wildman–Crippen LogP) is 3.99. The number of unbranched alkanes of at least 4 members (excludes halogenated alkanes) is 1. The molecular weight excluding hydrogens is 410 g/mol. The van der Waals surface area contributed by atoms with Gasteiger partial charge in [-0.2, -0.15) is 0 Å². The number of hydrogen-bond acceptors (Lipinski definition) is 5. The molecule has 2 N–H and O–H groups in total. The van der Waals surface area contributed by atoms with Crippen LogP contribution in [0.2, 0.25) is 0 Å². The van der Waals surface area contributed by atoms with Gasteiger partial charge in [0.1, 0.15) is 17.7 Å². The van der Waals surface area contributed by atoms with E-state index in [4.69, 9.17) is 9.47 Å². The number of rotatable bonds is 10. The lowest BCUT2D eigenvalue weighted by atomic mass is 9.91. The third-order valence-electron chi connectivity index (χ3n) is 5.29. The highest BCUT2D eigenvalue weighted by Crippen LogP contribution is 2.28. The molecule has 32 heavy (non-hydrogen) atoms. The van der Waals surface area contributed by atoms with E-state index in [0.717, 1.165) is 18.4 Å². The number of ether oxygens (including phenoxy) is 2. The van der Waals surface area contributed by atoms with E-state index in [9.17, 15) is 14.4 Å². The lowest BCUT2D eigenvalue weighted by Crippen LogP contribution is -2.54. The van der Waals surface area contributed by atoms with E-state index in [1.165, 1.54) is 0 Å². The van der Waals surface area contributed by atoms with Crippen molar-refractivity contribution in [2.24, 2.45) is 0 Å². The second kappa shape index (κ2) is 11.7. The number of benzene rings is 1. The second-order valence-corrected chi connectivity index (χ2v) is 9.20. The number of hydrogen-bond donors (Lipinski definition) is 2. The van der Waals surface area contributed by atoms with Gasteiger partial charge in [0.15, 0.2) is 0 Å². The molecule has 1 aromatic rings. The zero-order valence-electron chi connectivity index (χ0n) is 19.7. The molecule has 1 heterocycles. The first-order valence-electron chi connectivity index (χ1n) is 11.4. The molecule has 0 spiro atoms. The quantitative estimate of drug-likeness (QED) is 0.529. The van der Waals surface area contributed by atoms with Crippen molar-refractivity contribution in [3.05, 3.63) is 35.9 Å². The van der Waals surface area contributed by atoms with Crippen LogP contribution >= 0.6 is 0 Å². The number of carbonyl (C=O) groups is 3. The third-order valence-corrected chi connectivity index (χ3v) is 5.29. The number of amides is 3. The van der Waals surface area contributed by atoms with Crippen LogP contribution in [0.15, 0.2) is 30.3 Å². The molecule has 0 aromatic heterocycles. The number of nitrogens with one attached hydrogen (secondary N) is 2. The maximum atomic E-state index is 13.2. The summed E-state index contributed by atoms with van der Waals surface area (Å²) in [7, 11) is 0. The van der Waals surface area contributed by atoms with Crippen molar-refractivity contribution in [3.8, 4) is 0 Å². The van der Waals surface area contributed by atoms with Crippen molar-refractivity contribution in [2.45, 2.75) is 77.5 Å². The minimum atomic E-state index is -1.02. The summed E-state index contributed by atoms with van der Waals surface area (Å²) < 4.78 is 10.6. The Morgan fingerprint density at radius 3 is 2.50 bits per heavy atom. The maximum Gasteiger partial charge on any atom is 0.408 e. The highest BCUT2D eigenvalue weighted by molar-refractivity contribution is 5.91. The van der Waals surface area contributed by atoms with E-state index < -0.39 is 23.3 Å². The van der Waals surface area contributed by atoms with Gasteiger partial charge in [-0.05, 0) is 52.0 Å². The topological polar surface area (TPSA) is 97.0 Å². The minimum Gasteiger partial charge on any atom is -0.445 e. The summed E-state index contributed by atoms with van der Waals surface area (Å²) in [6.07, 6.45) is 2.24. The van der Waals surface area contributed by atoms with E-state index >= 15 is 0 Å². The highest BCUT2D eigenvalue weighted by Gasteiger charge is 2.47. The van der Waals surface area contributed by atoms with E-state index in [-0.39, 0.29) is 12.5 Å². The van der Waals surface area contributed by atoms with Gasteiger partial charge in [-0.3, -0.25) is 4.79 Å². The molecule has 178 valence electrons. The van der Waals surface area contributed by atoms with Crippen LogP contribution in [0.4, 0.5) is 9.59 Å². The van der Waals surface area contributed by atoms with Crippen molar-refractivity contribution in [3.63, 3.8) is 0 Å². The monoisotopic (exact) mass is 447 g/mol. The van der Waals surface area contributed by atoms with Crippen molar-refractivity contribution < 1.29 is 23.9 Å². The highest BCUT2D eigenvalue weighted by atomic mass is 16.6. The average Bonchev–Trinajstić information content (AvgIpc) is 3.03. The Kier molecular flexibility index (Phi) is 9.35. The molecule has 0 aliphatic carbocycles. The summed E-state index contributed by atoms with van der Waals surface area (Å²) in [5.41, 5.74) is -0.714. The van der Waals surface area contributed by atoms with Crippen LogP contribution in [0.5, 0.6) is 0 Å². The van der Waals surface area contributed by atoms with E-state index in [2.05, 4.69) is 17.6 Å². The van der Waals surface area contributed by atoms with Crippen molar-refractivity contribution in [1.82, 2.24) is 15.5 Å². The summed E-state index contributed by atoms with van der Waals surface area (Å²) in [6.45, 7) is 9.23. The van der Waals surface area contributed by atoms with Crippen LogP contribution in [0.1, 0.15) is 65.4 Å². The molecule has 3 amide bonds. The van der Waals surface area contributed by atoms with Crippen molar-refractivity contribution in [1.29, 1.82) is 0 Å². The summed E-state index contributed by atoms with van der Waals surface area (Å²) in [5, 5.41) is 5.56. The summed E-state index contributed by atoms with van der Waals surface area (Å²) >= 11 is 0. The lowest BCUT2D eigenvalue weighted by Gasteiger charge is -2.29. The maximum absolute atomic E-state index is 13.2. The van der Waals surface area contributed by atoms with E-state index in [0.29, 0.717) is 38.9 Å². The van der Waals surface area contributed by atoms with Gasteiger partial charge < -0.3 is 25.0 Å². The first-order valence-corrected chi connectivity index (χ1v) is 11.4. The molecule has 1 aromatic carbocycles. The number of likely N-dealkylation sites (tertiary alicyclic amines) is 1. The zero-order valence-corrected chi connectivity index (χ0v) is 19.7. The number of carbonyl (C=O) groups excluding carboxylic acids is 3. The zero-order chi connectivity index (χ0) is 23.6. The predicted molar refractivity (Wildman–Crippen MR) is 122 cm³/mol. The fraction of sp³-hybridized carbons (Fsp3) is 0.625. The van der Waals surface area contributed by atoms with Gasteiger partial charge in [0.2, 0.25) is 5.91 Å². The molecule has 2 rings (SSSR count). The summed E-state index contributed by atoms with van der Waals surface area (Å²) in [5.74, 6) is -0.0834. The molecule has 0 saturated carbocycles. The number of nitrogens with zero attached hydrogens (tertiary/aromatic N) is 1. The molecular formula is C24H37N3O5. The Bertz CT molecular complexity index is 763. The van der Waals surface area contributed by atoms with Crippen LogP contribution in [-0.4, -0.2) is 53.8 Å². The SMILES string of the molecule is CCCCN1CCC(CCCNC(=O)OC(C)(C)C)(NC(=O)OCc2ccccc2)C1=O. The van der Waals surface area contributed by atoms with Gasteiger partial charge in [0.25, 0.3) is 0 Å². The van der Waals surface area contributed by atoms with Gasteiger partial charge in [-0.15, -0.1) is 0 Å². The molecule has 1 aliphatic heterocycles. The minimum absolute atomic E-state index is 0.0834. The van der Waals surface area contributed by atoms with Crippen molar-refractivity contribution in [2.75, 3.05) is 19.6 Å². The van der Waals surface area contributed by atoms with Gasteiger partial charge >= 0.3 is 12.2 Å². The fourth-order valence-corrected chi connectivity index (χ4v) is 3.66. The molecule has 1 atom stereocenters. The average molecular weight is 448 g/mol. The fourth-order valence-electron chi connectivity index (χ4n) is 3.66. The Balaban J connectivity index is 1.95. The molecule has 1 unspecified atom stereocenters. The van der Waals surface area contributed by atoms with Crippen LogP contribution in [0, 0.1) is 0 Å². The Morgan fingerprint density at radius 2 is 1.84 bits per heavy atom. The molecule has 0 radical (unpaired) electrons. The Hall–Kier alpha value is -2.77. The van der Waals surface area contributed by atoms with E-state index in [1.54, 1.807) is 20.8 Å². The first kappa shape index (κ1) is 25.5. The van der Waals surface area contributed by atoms with Crippen LogP contribution in [0.3, 0.4) is 0 Å². The van der Waals surface area contributed by atoms with Crippen LogP contribution in [0.25, 0.3) is 0 Å². The lowest BCUT2D eigenvalue weighted by molar-refractivity contribution is -0.133. The molecule has 1 fully saturated rings. The Morgan fingerprint density at radius 1 is 1.12 bits per heavy atom. The third kappa shape index (κ3) is 8.05. The molecule has 8 heteroatoms. The van der Waals surface area contributed by atoms with Crippen LogP contribution in [-0.2, 0) is 20.9 Å². The second-order valence-electron chi connectivity index (χ2n) is 9.20. The Labute approximate surface area is 191 Å². The van der Waals surface area contributed by atoms with Crippen molar-refractivity contribution >= 4 is 18.1 Å². The van der Waals surface area contributed by atoms with Gasteiger partial charge in [0.05, 0.1) is 0 Å². The molecule has 8 nitrogen and oxygen atoms in total. The smallest absolute Gasteiger partial charge is 0.408 e. The van der Waals surface area contributed by atoms with Gasteiger partial charge in [-0.1, -0.05) is 43.7 Å². The first-order chi connectivity index (χ1) is 15.1. The summed E-state index contributed by atoms with van der Waals surface area (Å²) in [4.78, 5) is 39.4. The van der Waals surface area contributed by atoms with Gasteiger partial charge in [-0.25, -0.2) is 9.59 Å². The van der Waals surface area contributed by atoms with Crippen LogP contribution < -0.4 is 10.6 Å². The molecule has 0 bridgehead atoms. The standard InChI is InChI=1S/C24H37N3O5/c1-5-6-16-27-17-14-24(20(27)28,13-10-15-25-21(29)32-23(2,3)4)26-22(30)31-18-19-11-8-7-9-12-19/h7-9,11-12H,5-6,10,13-18H2,1-4H3,(H,25,29)(H,26,30). The normalized spacial score (nSPS) is 18.4. The number of alkyl carbamates (subject to hydrolysis) is 2. The molecule has 1 aliphatic rings. The largest absolute Gasteiger partial charge is 0.445 e.